The second-order valence-electron chi connectivity index (χ2n) is 4.18. The largest absolute Gasteiger partial charge is 0.378 e. The lowest BCUT2D eigenvalue weighted by atomic mass is 10.0. The Bertz CT molecular complexity index is 270. The maximum atomic E-state index is 5.71. The standard InChI is InChI=1S/C13H18O/c1-11-5-7-12(8-6-11)10-13-4-2-3-9-14-13/h5-8,13H,2-4,9-10H2,1H3. The maximum absolute atomic E-state index is 5.71. The van der Waals surface area contributed by atoms with Gasteiger partial charge in [-0.05, 0) is 38.2 Å². The Balaban J connectivity index is 1.92. The minimum atomic E-state index is 0.464. The monoisotopic (exact) mass is 190 g/mol. The predicted octanol–water partition coefficient (Wildman–Crippen LogP) is 3.11. The van der Waals surface area contributed by atoms with Crippen LogP contribution in [-0.4, -0.2) is 12.7 Å². The van der Waals surface area contributed by atoms with Crippen LogP contribution in [0, 0.1) is 6.92 Å². The van der Waals surface area contributed by atoms with E-state index in [1.165, 1.54) is 30.4 Å². The zero-order chi connectivity index (χ0) is 9.80. The fraction of sp³-hybridized carbons (Fsp3) is 0.538. The van der Waals surface area contributed by atoms with Crippen LogP contribution in [0.3, 0.4) is 0 Å². The third kappa shape index (κ3) is 2.58. The van der Waals surface area contributed by atoms with Crippen molar-refractivity contribution in [2.24, 2.45) is 0 Å². The SMILES string of the molecule is Cc1ccc(CC2CCCCO2)cc1. The number of hydrogen-bond acceptors (Lipinski definition) is 1. The Morgan fingerprint density at radius 1 is 1.21 bits per heavy atom. The fourth-order valence-electron chi connectivity index (χ4n) is 1.96. The summed E-state index contributed by atoms with van der Waals surface area (Å²) in [6.45, 7) is 3.08. The summed E-state index contributed by atoms with van der Waals surface area (Å²) < 4.78 is 5.71. The maximum Gasteiger partial charge on any atom is 0.0615 e. The lowest BCUT2D eigenvalue weighted by Gasteiger charge is -2.22. The molecular weight excluding hydrogens is 172 g/mol. The van der Waals surface area contributed by atoms with Gasteiger partial charge in [-0.25, -0.2) is 0 Å². The van der Waals surface area contributed by atoms with Gasteiger partial charge in [0.2, 0.25) is 0 Å². The van der Waals surface area contributed by atoms with Gasteiger partial charge in [0, 0.05) is 6.61 Å². The van der Waals surface area contributed by atoms with E-state index in [1.807, 2.05) is 0 Å². The van der Waals surface area contributed by atoms with Crippen LogP contribution in [0.1, 0.15) is 30.4 Å². The molecule has 1 aliphatic rings. The van der Waals surface area contributed by atoms with Gasteiger partial charge in [-0.3, -0.25) is 0 Å². The molecule has 0 aliphatic carbocycles. The van der Waals surface area contributed by atoms with Gasteiger partial charge in [0.25, 0.3) is 0 Å². The first-order valence-corrected chi connectivity index (χ1v) is 5.52. The normalized spacial score (nSPS) is 22.2. The highest BCUT2D eigenvalue weighted by atomic mass is 16.5. The molecule has 14 heavy (non-hydrogen) atoms. The molecule has 1 saturated heterocycles. The van der Waals surface area contributed by atoms with Crippen molar-refractivity contribution >= 4 is 0 Å². The quantitative estimate of drug-likeness (QED) is 0.696. The van der Waals surface area contributed by atoms with Crippen LogP contribution < -0.4 is 0 Å². The van der Waals surface area contributed by atoms with Crippen LogP contribution in [0.25, 0.3) is 0 Å². The average molecular weight is 190 g/mol. The van der Waals surface area contributed by atoms with Crippen molar-refractivity contribution in [2.45, 2.75) is 38.7 Å². The van der Waals surface area contributed by atoms with E-state index < -0.39 is 0 Å². The van der Waals surface area contributed by atoms with E-state index in [4.69, 9.17) is 4.74 Å². The zero-order valence-corrected chi connectivity index (χ0v) is 8.83. The van der Waals surface area contributed by atoms with E-state index in [9.17, 15) is 0 Å². The summed E-state index contributed by atoms with van der Waals surface area (Å²) in [5.41, 5.74) is 2.74. The molecule has 1 aromatic rings. The minimum absolute atomic E-state index is 0.464. The molecule has 1 atom stereocenters. The Morgan fingerprint density at radius 2 is 2.00 bits per heavy atom. The van der Waals surface area contributed by atoms with E-state index in [2.05, 4.69) is 31.2 Å². The van der Waals surface area contributed by atoms with E-state index >= 15 is 0 Å². The second-order valence-corrected chi connectivity index (χ2v) is 4.18. The number of ether oxygens (including phenoxy) is 1. The third-order valence-corrected chi connectivity index (χ3v) is 2.86. The summed E-state index contributed by atoms with van der Waals surface area (Å²) >= 11 is 0. The second kappa shape index (κ2) is 4.61. The van der Waals surface area contributed by atoms with Crippen molar-refractivity contribution in [3.63, 3.8) is 0 Å². The van der Waals surface area contributed by atoms with Gasteiger partial charge in [0.05, 0.1) is 6.10 Å². The van der Waals surface area contributed by atoms with Crippen molar-refractivity contribution in [2.75, 3.05) is 6.61 Å². The number of benzene rings is 1. The van der Waals surface area contributed by atoms with Gasteiger partial charge in [0.1, 0.15) is 0 Å². The molecule has 0 amide bonds. The molecule has 0 saturated carbocycles. The Labute approximate surface area is 86.1 Å². The molecule has 1 heteroatoms. The molecule has 1 aromatic carbocycles. The molecule has 1 aliphatic heterocycles. The van der Waals surface area contributed by atoms with Gasteiger partial charge < -0.3 is 4.74 Å². The molecular formula is C13H18O. The molecule has 0 bridgehead atoms. The van der Waals surface area contributed by atoms with Crippen molar-refractivity contribution in [1.82, 2.24) is 0 Å². The predicted molar refractivity (Wildman–Crippen MR) is 58.5 cm³/mol. The van der Waals surface area contributed by atoms with Crippen molar-refractivity contribution < 1.29 is 4.74 Å². The van der Waals surface area contributed by atoms with Crippen molar-refractivity contribution in [3.05, 3.63) is 35.4 Å². The lowest BCUT2D eigenvalue weighted by Crippen LogP contribution is -2.21. The molecule has 1 heterocycles. The minimum Gasteiger partial charge on any atom is -0.378 e. The highest BCUT2D eigenvalue weighted by Gasteiger charge is 2.13. The van der Waals surface area contributed by atoms with Gasteiger partial charge in [-0.15, -0.1) is 0 Å². The topological polar surface area (TPSA) is 9.23 Å². The first kappa shape index (κ1) is 9.72. The van der Waals surface area contributed by atoms with Crippen molar-refractivity contribution in [1.29, 1.82) is 0 Å². The Morgan fingerprint density at radius 3 is 2.64 bits per heavy atom. The van der Waals surface area contributed by atoms with Gasteiger partial charge >= 0.3 is 0 Å². The molecule has 0 radical (unpaired) electrons. The van der Waals surface area contributed by atoms with Gasteiger partial charge in [-0.1, -0.05) is 29.8 Å². The molecule has 0 spiro atoms. The average Bonchev–Trinajstić information content (AvgIpc) is 2.23. The molecule has 2 rings (SSSR count). The fourth-order valence-corrected chi connectivity index (χ4v) is 1.96. The highest BCUT2D eigenvalue weighted by molar-refractivity contribution is 5.21. The van der Waals surface area contributed by atoms with Gasteiger partial charge in [-0.2, -0.15) is 0 Å². The Kier molecular flexibility index (Phi) is 3.20. The summed E-state index contributed by atoms with van der Waals surface area (Å²) in [5.74, 6) is 0. The van der Waals surface area contributed by atoms with Crippen molar-refractivity contribution in [3.8, 4) is 0 Å². The van der Waals surface area contributed by atoms with Crippen LogP contribution in [0.2, 0.25) is 0 Å². The number of aryl methyl sites for hydroxylation is 1. The van der Waals surface area contributed by atoms with E-state index in [0.717, 1.165) is 13.0 Å². The van der Waals surface area contributed by atoms with E-state index in [1.54, 1.807) is 0 Å². The van der Waals surface area contributed by atoms with E-state index in [0.29, 0.717) is 6.10 Å². The van der Waals surface area contributed by atoms with Crippen LogP contribution in [0.5, 0.6) is 0 Å². The first-order valence-electron chi connectivity index (χ1n) is 5.52. The van der Waals surface area contributed by atoms with Crippen LogP contribution >= 0.6 is 0 Å². The lowest BCUT2D eigenvalue weighted by molar-refractivity contribution is 0.0168. The molecule has 76 valence electrons. The first-order chi connectivity index (χ1) is 6.84. The summed E-state index contributed by atoms with van der Waals surface area (Å²) in [6, 6.07) is 8.79. The molecule has 1 fully saturated rings. The molecule has 0 N–H and O–H groups in total. The molecule has 1 unspecified atom stereocenters. The van der Waals surface area contributed by atoms with Crippen LogP contribution in [-0.2, 0) is 11.2 Å². The van der Waals surface area contributed by atoms with Crippen LogP contribution in [0.15, 0.2) is 24.3 Å². The zero-order valence-electron chi connectivity index (χ0n) is 8.83. The Hall–Kier alpha value is -0.820. The van der Waals surface area contributed by atoms with Gasteiger partial charge in [0.15, 0.2) is 0 Å². The summed E-state index contributed by atoms with van der Waals surface area (Å²) in [7, 11) is 0. The summed E-state index contributed by atoms with van der Waals surface area (Å²) in [6.07, 6.45) is 5.35. The smallest absolute Gasteiger partial charge is 0.0615 e. The third-order valence-electron chi connectivity index (χ3n) is 2.86. The van der Waals surface area contributed by atoms with Crippen LogP contribution in [0.4, 0.5) is 0 Å². The summed E-state index contributed by atoms with van der Waals surface area (Å²) in [5, 5.41) is 0. The molecule has 0 aromatic heterocycles. The number of rotatable bonds is 2. The number of hydrogen-bond donors (Lipinski definition) is 0. The highest BCUT2D eigenvalue weighted by Crippen LogP contribution is 2.17. The van der Waals surface area contributed by atoms with E-state index in [-0.39, 0.29) is 0 Å². The molecule has 1 nitrogen and oxygen atoms in total. The summed E-state index contributed by atoms with van der Waals surface area (Å²) in [4.78, 5) is 0.